The van der Waals surface area contributed by atoms with Crippen molar-refractivity contribution in [1.82, 2.24) is 0 Å². The minimum absolute atomic E-state index is 0.0939. The van der Waals surface area contributed by atoms with Gasteiger partial charge in [0.05, 0.1) is 10.9 Å². The second-order valence-electron chi connectivity index (χ2n) is 3.31. The molecule has 1 aromatic rings. The Morgan fingerprint density at radius 2 is 2.33 bits per heavy atom. The molecule has 1 heterocycles. The number of benzene rings is 1. The van der Waals surface area contributed by atoms with Crippen molar-refractivity contribution < 1.29 is 9.18 Å². The van der Waals surface area contributed by atoms with Gasteiger partial charge in [0.25, 0.3) is 0 Å². The smallest absolute Gasteiger partial charge is 0.237 e. The quantitative estimate of drug-likeness (QED) is 0.805. The fourth-order valence-electron chi connectivity index (χ4n) is 1.46. The second-order valence-corrected chi connectivity index (χ2v) is 4.56. The molecule has 1 aliphatic heterocycles. The third kappa shape index (κ3) is 2.13. The van der Waals surface area contributed by atoms with Gasteiger partial charge in [0.15, 0.2) is 0 Å². The van der Waals surface area contributed by atoms with E-state index >= 15 is 0 Å². The summed E-state index contributed by atoms with van der Waals surface area (Å²) in [6.07, 6.45) is 0.632. The zero-order chi connectivity index (χ0) is 10.8. The van der Waals surface area contributed by atoms with Crippen LogP contribution in [0.15, 0.2) is 23.1 Å². The molecule has 0 aliphatic carbocycles. The number of thioether (sulfide) groups is 1. The average Bonchev–Trinajstić information content (AvgIpc) is 2.20. The summed E-state index contributed by atoms with van der Waals surface area (Å²) in [5.74, 6) is -0.435. The van der Waals surface area contributed by atoms with Gasteiger partial charge in [0, 0.05) is 4.90 Å². The van der Waals surface area contributed by atoms with Crippen LogP contribution in [-0.2, 0) is 4.79 Å². The molecule has 0 bridgehead atoms. The fourth-order valence-corrected chi connectivity index (χ4v) is 2.57. The van der Waals surface area contributed by atoms with E-state index in [4.69, 9.17) is 5.73 Å². The Morgan fingerprint density at radius 3 is 3.07 bits per heavy atom. The van der Waals surface area contributed by atoms with Crippen LogP contribution in [0.4, 0.5) is 10.1 Å². The minimum atomic E-state index is -0.341. The van der Waals surface area contributed by atoms with Crippen LogP contribution in [0.25, 0.3) is 0 Å². The molecule has 0 aromatic heterocycles. The van der Waals surface area contributed by atoms with Gasteiger partial charge < -0.3 is 11.1 Å². The number of carbonyl (C=O) groups excluding carboxylic acids is 1. The summed E-state index contributed by atoms with van der Waals surface area (Å²) >= 11 is 1.44. The molecule has 0 spiro atoms. The lowest BCUT2D eigenvalue weighted by Crippen LogP contribution is -2.30. The van der Waals surface area contributed by atoms with Crippen LogP contribution in [0, 0.1) is 5.82 Å². The maximum Gasteiger partial charge on any atom is 0.237 e. The van der Waals surface area contributed by atoms with Gasteiger partial charge in [0.2, 0.25) is 5.91 Å². The predicted molar refractivity (Wildman–Crippen MR) is 58.3 cm³/mol. The molecule has 0 fully saturated rings. The van der Waals surface area contributed by atoms with E-state index in [2.05, 4.69) is 5.32 Å². The molecule has 1 amide bonds. The summed E-state index contributed by atoms with van der Waals surface area (Å²) in [4.78, 5) is 12.4. The standard InChI is InChI=1S/C10H11FN2OS/c11-6-1-2-8-7(5-6)13-10(14)9(15-8)3-4-12/h1-2,5,9H,3-4,12H2,(H,13,14). The van der Waals surface area contributed by atoms with Crippen molar-refractivity contribution in [2.24, 2.45) is 5.73 Å². The largest absolute Gasteiger partial charge is 0.330 e. The van der Waals surface area contributed by atoms with Gasteiger partial charge in [-0.1, -0.05) is 0 Å². The van der Waals surface area contributed by atoms with Crippen molar-refractivity contribution in [3.63, 3.8) is 0 Å². The number of carbonyl (C=O) groups is 1. The lowest BCUT2D eigenvalue weighted by molar-refractivity contribution is -0.115. The predicted octanol–water partition coefficient (Wildman–Crippen LogP) is 1.59. The number of nitrogens with two attached hydrogens (primary N) is 1. The number of hydrogen-bond donors (Lipinski definition) is 2. The first kappa shape index (κ1) is 10.4. The Hall–Kier alpha value is -1.07. The Morgan fingerprint density at radius 1 is 1.53 bits per heavy atom. The SMILES string of the molecule is NCCC1Sc2ccc(F)cc2NC1=O. The number of nitrogens with one attached hydrogen (secondary N) is 1. The van der Waals surface area contributed by atoms with Gasteiger partial charge >= 0.3 is 0 Å². The molecule has 3 N–H and O–H groups in total. The molecule has 5 heteroatoms. The molecule has 1 unspecified atom stereocenters. The summed E-state index contributed by atoms with van der Waals surface area (Å²) in [5, 5.41) is 2.52. The molecule has 2 rings (SSSR count). The van der Waals surface area contributed by atoms with Crippen molar-refractivity contribution in [1.29, 1.82) is 0 Å². The summed E-state index contributed by atoms with van der Waals surface area (Å²) in [6, 6.07) is 4.40. The Balaban J connectivity index is 2.26. The van der Waals surface area contributed by atoms with Gasteiger partial charge in [-0.2, -0.15) is 0 Å². The van der Waals surface area contributed by atoms with Gasteiger partial charge in [-0.3, -0.25) is 4.79 Å². The van der Waals surface area contributed by atoms with E-state index in [1.807, 2.05) is 0 Å². The van der Waals surface area contributed by atoms with Crippen LogP contribution in [0.2, 0.25) is 0 Å². The third-order valence-electron chi connectivity index (χ3n) is 2.19. The molecule has 0 saturated heterocycles. The van der Waals surface area contributed by atoms with Crippen LogP contribution >= 0.6 is 11.8 Å². The summed E-state index contributed by atoms with van der Waals surface area (Å²) in [6.45, 7) is 0.474. The first-order valence-corrected chi connectivity index (χ1v) is 5.56. The van der Waals surface area contributed by atoms with E-state index in [1.54, 1.807) is 6.07 Å². The van der Waals surface area contributed by atoms with Crippen molar-refractivity contribution in [3.8, 4) is 0 Å². The zero-order valence-electron chi connectivity index (χ0n) is 8.00. The van der Waals surface area contributed by atoms with Crippen LogP contribution < -0.4 is 11.1 Å². The minimum Gasteiger partial charge on any atom is -0.330 e. The molecular weight excluding hydrogens is 215 g/mol. The zero-order valence-corrected chi connectivity index (χ0v) is 8.81. The number of halogens is 1. The second kappa shape index (κ2) is 4.20. The van der Waals surface area contributed by atoms with E-state index in [-0.39, 0.29) is 17.0 Å². The maximum atomic E-state index is 12.9. The van der Waals surface area contributed by atoms with Crippen molar-refractivity contribution in [3.05, 3.63) is 24.0 Å². The van der Waals surface area contributed by atoms with Crippen LogP contribution in [0.1, 0.15) is 6.42 Å². The maximum absolute atomic E-state index is 12.9. The summed E-state index contributed by atoms with van der Waals surface area (Å²) < 4.78 is 12.9. The Labute approximate surface area is 91.2 Å². The van der Waals surface area contributed by atoms with E-state index in [9.17, 15) is 9.18 Å². The topological polar surface area (TPSA) is 55.1 Å². The highest BCUT2D eigenvalue weighted by molar-refractivity contribution is 8.01. The van der Waals surface area contributed by atoms with Crippen molar-refractivity contribution in [2.45, 2.75) is 16.6 Å². The van der Waals surface area contributed by atoms with E-state index in [1.165, 1.54) is 23.9 Å². The third-order valence-corrected chi connectivity index (χ3v) is 3.53. The van der Waals surface area contributed by atoms with Crippen LogP contribution in [0.5, 0.6) is 0 Å². The highest BCUT2D eigenvalue weighted by Crippen LogP contribution is 2.36. The number of fused-ring (bicyclic) bond motifs is 1. The van der Waals surface area contributed by atoms with Crippen molar-refractivity contribution in [2.75, 3.05) is 11.9 Å². The molecule has 1 atom stereocenters. The normalized spacial score (nSPS) is 19.6. The molecule has 15 heavy (non-hydrogen) atoms. The lowest BCUT2D eigenvalue weighted by atomic mass is 10.2. The van der Waals surface area contributed by atoms with Crippen LogP contribution in [-0.4, -0.2) is 17.7 Å². The number of hydrogen-bond acceptors (Lipinski definition) is 3. The highest BCUT2D eigenvalue weighted by Gasteiger charge is 2.26. The number of amides is 1. The van der Waals surface area contributed by atoms with Crippen LogP contribution in [0.3, 0.4) is 0 Å². The Kier molecular flexibility index (Phi) is 2.93. The van der Waals surface area contributed by atoms with Gasteiger partial charge in [-0.15, -0.1) is 11.8 Å². The van der Waals surface area contributed by atoms with Gasteiger partial charge in [0.1, 0.15) is 5.82 Å². The molecule has 1 aromatic carbocycles. The van der Waals surface area contributed by atoms with Crippen molar-refractivity contribution >= 4 is 23.4 Å². The van der Waals surface area contributed by atoms with E-state index in [0.717, 1.165) is 4.90 Å². The van der Waals surface area contributed by atoms with E-state index in [0.29, 0.717) is 18.7 Å². The molecule has 1 aliphatic rings. The number of anilines is 1. The Bertz CT molecular complexity index is 397. The van der Waals surface area contributed by atoms with Gasteiger partial charge in [-0.05, 0) is 31.2 Å². The molecule has 3 nitrogen and oxygen atoms in total. The highest BCUT2D eigenvalue weighted by atomic mass is 32.2. The summed E-state index contributed by atoms with van der Waals surface area (Å²) in [5.41, 5.74) is 5.97. The monoisotopic (exact) mass is 226 g/mol. The molecule has 80 valence electrons. The van der Waals surface area contributed by atoms with Gasteiger partial charge in [-0.25, -0.2) is 4.39 Å². The molecule has 0 radical (unpaired) electrons. The summed E-state index contributed by atoms with van der Waals surface area (Å²) in [7, 11) is 0. The average molecular weight is 226 g/mol. The number of rotatable bonds is 2. The lowest BCUT2D eigenvalue weighted by Gasteiger charge is -2.23. The first-order chi connectivity index (χ1) is 7.20. The fraction of sp³-hybridized carbons (Fsp3) is 0.300. The van der Waals surface area contributed by atoms with E-state index < -0.39 is 0 Å². The molecular formula is C10H11FN2OS. The molecule has 0 saturated carbocycles. The first-order valence-electron chi connectivity index (χ1n) is 4.68.